The Morgan fingerprint density at radius 2 is 1.54 bits per heavy atom. The lowest BCUT2D eigenvalue weighted by molar-refractivity contribution is -0.173. The van der Waals surface area contributed by atoms with Crippen LogP contribution in [-0.4, -0.2) is 69.9 Å². The number of unbranched alkanes of at least 4 members (excludes halogenated alkanes) is 10. The fourth-order valence-electron chi connectivity index (χ4n) is 3.54. The third-order valence-electron chi connectivity index (χ3n) is 5.72. The summed E-state index contributed by atoms with van der Waals surface area (Å²) in [5.74, 6) is 0.968. The quantitative estimate of drug-likeness (QED) is 0.0833. The molecule has 0 saturated carbocycles. The fourth-order valence-corrected chi connectivity index (χ4v) is 4.72. The summed E-state index contributed by atoms with van der Waals surface area (Å²) in [7, 11) is 0.936. The molecule has 37 heavy (non-hydrogen) atoms. The molecule has 214 valence electrons. The number of carbonyl (C=O) groups excluding carboxylic acids is 2. The van der Waals surface area contributed by atoms with E-state index < -0.39 is 52.5 Å². The largest absolute Gasteiger partial charge is 0.481 e. The molecule has 0 bridgehead atoms. The predicted molar refractivity (Wildman–Crippen MR) is 138 cm³/mol. The second-order valence-electron chi connectivity index (χ2n) is 8.85. The maximum atomic E-state index is 14.2. The molecule has 11 heteroatoms. The number of hydrogen-bond acceptors (Lipinski definition) is 6. The number of methoxy groups -OCH3 is 1. The van der Waals surface area contributed by atoms with E-state index in [9.17, 15) is 32.8 Å². The highest BCUT2D eigenvalue weighted by Crippen LogP contribution is 2.23. The Balaban J connectivity index is 4.88. The summed E-state index contributed by atoms with van der Waals surface area (Å²) in [4.78, 5) is 34.0. The third-order valence-corrected chi connectivity index (χ3v) is 7.02. The van der Waals surface area contributed by atoms with Gasteiger partial charge in [0.2, 0.25) is 0 Å². The van der Waals surface area contributed by atoms with Crippen LogP contribution < -0.4 is 0 Å². The topological polar surface area (TPSA) is 104 Å². The van der Waals surface area contributed by atoms with Crippen molar-refractivity contribution in [2.75, 3.05) is 12.9 Å². The average Bonchev–Trinajstić information content (AvgIpc) is 2.86. The van der Waals surface area contributed by atoms with E-state index in [1.807, 2.05) is 0 Å². The number of thioether (sulfide) groups is 1. The van der Waals surface area contributed by atoms with Crippen molar-refractivity contribution in [3.8, 4) is 11.8 Å². The molecule has 0 aromatic heterocycles. The normalized spacial score (nSPS) is 13.4. The maximum absolute atomic E-state index is 14.2. The highest BCUT2D eigenvalue weighted by molar-refractivity contribution is 8.00. The minimum absolute atomic E-state index is 0.0924. The molecule has 1 amide bonds. The highest BCUT2D eigenvalue weighted by atomic mass is 32.2. The molecule has 0 aromatic carbocycles. The molecule has 0 fully saturated rings. The number of alkyl halides is 2. The number of nitrogens with zero attached hydrogens (tertiary/aromatic N) is 1. The zero-order chi connectivity index (χ0) is 28.1. The molecule has 0 aliphatic heterocycles. The molecule has 3 atom stereocenters. The van der Waals surface area contributed by atoms with Crippen LogP contribution in [0.1, 0.15) is 96.8 Å². The van der Waals surface area contributed by atoms with E-state index in [4.69, 9.17) is 5.11 Å². The molecular weight excluding hydrogens is 511 g/mol. The fraction of sp³-hybridized carbons (Fsp3) is 0.808. The monoisotopic (exact) mass is 553 g/mol. The van der Waals surface area contributed by atoms with Crippen LogP contribution in [0.2, 0.25) is 0 Å². The van der Waals surface area contributed by atoms with E-state index >= 15 is 0 Å². The molecule has 0 saturated heterocycles. The van der Waals surface area contributed by atoms with Gasteiger partial charge in [0.05, 0.1) is 18.5 Å². The van der Waals surface area contributed by atoms with Crippen molar-refractivity contribution in [1.29, 1.82) is 0 Å². The van der Waals surface area contributed by atoms with Gasteiger partial charge in [0.1, 0.15) is 0 Å². The van der Waals surface area contributed by atoms with E-state index in [-0.39, 0.29) is 19.3 Å². The Kier molecular flexibility index (Phi) is 20.9. The van der Waals surface area contributed by atoms with Crippen LogP contribution in [0.4, 0.5) is 13.3 Å². The summed E-state index contributed by atoms with van der Waals surface area (Å²) in [6.07, 6.45) is 7.66. The van der Waals surface area contributed by atoms with Gasteiger partial charge in [0.15, 0.2) is 6.04 Å². The molecule has 0 spiro atoms. The number of rotatable bonds is 21. The number of amides is 1. The summed E-state index contributed by atoms with van der Waals surface area (Å²) in [5.41, 5.74) is 0. The Labute approximate surface area is 222 Å². The van der Waals surface area contributed by atoms with Gasteiger partial charge in [-0.15, -0.1) is 17.7 Å². The maximum Gasteiger partial charge on any atom is 0.332 e. The minimum atomic E-state index is -3.64. The lowest BCUT2D eigenvalue weighted by atomic mass is 10.1. The van der Waals surface area contributed by atoms with Gasteiger partial charge in [-0.25, -0.2) is 4.79 Å². The van der Waals surface area contributed by atoms with Gasteiger partial charge in [0.25, 0.3) is 0 Å². The van der Waals surface area contributed by atoms with Crippen LogP contribution in [0.5, 0.6) is 0 Å². The molecule has 0 unspecified atom stereocenters. The number of carboxylic acid groups (broad SMARTS) is 1. The van der Waals surface area contributed by atoms with Gasteiger partial charge >= 0.3 is 24.3 Å². The molecule has 2 N–H and O–H groups in total. The van der Waals surface area contributed by atoms with E-state index in [0.717, 1.165) is 38.1 Å². The first kappa shape index (κ1) is 35.1. The third kappa shape index (κ3) is 17.3. The van der Waals surface area contributed by atoms with Crippen LogP contribution >= 0.6 is 11.8 Å². The Bertz CT molecular complexity index is 716. The SMILES string of the molecule is CCCCCCCCCCCCC#C[C@@H](SC[C@@H](C(=O)OC)N(F)C(=O)C(F)F)[C@@H](O)CCCC(=O)O. The van der Waals surface area contributed by atoms with Crippen LogP contribution in [0.3, 0.4) is 0 Å². The number of halogens is 3. The minimum Gasteiger partial charge on any atom is -0.481 e. The molecule has 0 radical (unpaired) electrons. The summed E-state index contributed by atoms with van der Waals surface area (Å²) in [5, 5.41) is 17.6. The molecule has 0 rings (SSSR count). The average molecular weight is 554 g/mol. The van der Waals surface area contributed by atoms with Gasteiger partial charge < -0.3 is 14.9 Å². The van der Waals surface area contributed by atoms with Crippen molar-refractivity contribution in [3.05, 3.63) is 0 Å². The molecule has 0 aliphatic rings. The van der Waals surface area contributed by atoms with Crippen molar-refractivity contribution in [2.45, 2.75) is 121 Å². The van der Waals surface area contributed by atoms with Gasteiger partial charge in [-0.2, -0.15) is 13.9 Å². The van der Waals surface area contributed by atoms with Gasteiger partial charge in [-0.1, -0.05) is 75.1 Å². The first-order valence-electron chi connectivity index (χ1n) is 13.0. The number of aliphatic carboxylic acids is 1. The number of esters is 1. The number of carboxylic acids is 1. The Morgan fingerprint density at radius 3 is 2.05 bits per heavy atom. The second-order valence-corrected chi connectivity index (χ2v) is 10.0. The lowest BCUT2D eigenvalue weighted by Crippen LogP contribution is -2.45. The number of carbonyl (C=O) groups is 3. The Morgan fingerprint density at radius 1 is 0.973 bits per heavy atom. The summed E-state index contributed by atoms with van der Waals surface area (Å²) in [6, 6.07) is -1.94. The van der Waals surface area contributed by atoms with Crippen molar-refractivity contribution < 1.29 is 42.6 Å². The van der Waals surface area contributed by atoms with Crippen LogP contribution in [0.15, 0.2) is 0 Å². The van der Waals surface area contributed by atoms with E-state index in [0.29, 0.717) is 6.42 Å². The standard InChI is InChI=1S/C26H42F3NO6S/c1-3-4-5-6-7-8-9-10-11-12-13-14-17-22(21(31)16-15-18-23(32)33)37-19-20(26(35)36-2)30(29)25(34)24(27)28/h20-22,24,31H,3-13,15-16,18-19H2,1-2H3,(H,32,33)/t20-,21-,22+/m0/s1. The van der Waals surface area contributed by atoms with E-state index in [2.05, 4.69) is 23.5 Å². The zero-order valence-electron chi connectivity index (χ0n) is 21.9. The molecule has 0 aromatic rings. The predicted octanol–water partition coefficient (Wildman–Crippen LogP) is 5.54. The van der Waals surface area contributed by atoms with Crippen molar-refractivity contribution in [3.63, 3.8) is 0 Å². The molecule has 0 heterocycles. The first-order chi connectivity index (χ1) is 17.6. The lowest BCUT2D eigenvalue weighted by Gasteiger charge is -2.23. The van der Waals surface area contributed by atoms with Crippen molar-refractivity contribution >= 4 is 29.6 Å². The van der Waals surface area contributed by atoms with Gasteiger partial charge in [-0.05, 0) is 19.3 Å². The molecule has 0 aliphatic carbocycles. The van der Waals surface area contributed by atoms with Crippen LogP contribution in [0.25, 0.3) is 0 Å². The smallest absolute Gasteiger partial charge is 0.332 e. The molecule has 7 nitrogen and oxygen atoms in total. The number of aliphatic hydroxyl groups excluding tert-OH is 1. The number of ether oxygens (including phenoxy) is 1. The number of hydrogen-bond donors (Lipinski definition) is 2. The second kappa shape index (κ2) is 22.1. The summed E-state index contributed by atoms with van der Waals surface area (Å²) < 4.78 is 43.9. The van der Waals surface area contributed by atoms with Crippen LogP contribution in [-0.2, 0) is 19.1 Å². The van der Waals surface area contributed by atoms with Gasteiger partial charge in [0, 0.05) is 18.6 Å². The van der Waals surface area contributed by atoms with Gasteiger partial charge in [-0.3, -0.25) is 9.59 Å². The van der Waals surface area contributed by atoms with Crippen molar-refractivity contribution in [1.82, 2.24) is 5.12 Å². The first-order valence-corrected chi connectivity index (χ1v) is 14.0. The Hall–Kier alpha value is -1.93. The molecular formula is C26H42F3NO6S. The van der Waals surface area contributed by atoms with Crippen molar-refractivity contribution in [2.24, 2.45) is 0 Å². The number of aliphatic hydroxyl groups is 1. The highest BCUT2D eigenvalue weighted by Gasteiger charge is 2.36. The summed E-state index contributed by atoms with van der Waals surface area (Å²) >= 11 is 0.830. The zero-order valence-corrected chi connectivity index (χ0v) is 22.7. The van der Waals surface area contributed by atoms with E-state index in [1.54, 1.807) is 0 Å². The summed E-state index contributed by atoms with van der Waals surface area (Å²) in [6.45, 7) is 2.19. The van der Waals surface area contributed by atoms with E-state index in [1.165, 1.54) is 44.9 Å². The van der Waals surface area contributed by atoms with Crippen LogP contribution in [0, 0.1) is 11.8 Å².